The Balaban J connectivity index is 2.12. The van der Waals surface area contributed by atoms with Crippen molar-refractivity contribution in [2.24, 2.45) is 0 Å². The number of furan rings is 1. The minimum Gasteiger partial charge on any atom is -0.457 e. The summed E-state index contributed by atoms with van der Waals surface area (Å²) in [7, 11) is 0. The van der Waals surface area contributed by atoms with E-state index in [-0.39, 0.29) is 6.04 Å². The van der Waals surface area contributed by atoms with Gasteiger partial charge in [0.25, 0.3) is 0 Å². The first-order chi connectivity index (χ1) is 9.31. The molecule has 2 aromatic heterocycles. The zero-order chi connectivity index (χ0) is 13.2. The number of benzene rings is 1. The smallest absolute Gasteiger partial charge is 0.174 e. The van der Waals surface area contributed by atoms with Crippen molar-refractivity contribution >= 4 is 37.4 Å². The summed E-state index contributed by atoms with van der Waals surface area (Å²) in [5.74, 6) is 0. The molecule has 0 saturated heterocycles. The molecule has 3 rings (SSSR count). The molecule has 98 valence electrons. The number of thiophene rings is 1. The molecule has 0 fully saturated rings. The van der Waals surface area contributed by atoms with Gasteiger partial charge in [0.05, 0.1) is 12.3 Å². The van der Waals surface area contributed by atoms with E-state index in [4.69, 9.17) is 4.42 Å². The van der Waals surface area contributed by atoms with Gasteiger partial charge in [-0.05, 0) is 50.9 Å². The first-order valence-electron chi connectivity index (χ1n) is 6.23. The lowest BCUT2D eigenvalue weighted by molar-refractivity contribution is 0.527. The van der Waals surface area contributed by atoms with E-state index in [1.54, 1.807) is 17.6 Å². The second-order valence-corrected chi connectivity index (χ2v) is 5.96. The van der Waals surface area contributed by atoms with Gasteiger partial charge in [0, 0.05) is 10.3 Å². The van der Waals surface area contributed by atoms with Crippen molar-refractivity contribution in [1.29, 1.82) is 0 Å². The molecule has 0 saturated carbocycles. The second-order valence-electron chi connectivity index (χ2n) is 4.33. The fourth-order valence-electron chi connectivity index (χ4n) is 2.32. The van der Waals surface area contributed by atoms with Crippen molar-refractivity contribution in [3.8, 4) is 0 Å². The molecule has 2 heterocycles. The number of hydrogen-bond donors (Lipinski definition) is 1. The molecule has 0 aliphatic rings. The van der Waals surface area contributed by atoms with E-state index >= 15 is 0 Å². The predicted molar refractivity (Wildman–Crippen MR) is 83.8 cm³/mol. The Morgan fingerprint density at radius 2 is 2.11 bits per heavy atom. The van der Waals surface area contributed by atoms with Gasteiger partial charge in [-0.3, -0.25) is 0 Å². The SMILES string of the molecule is CCNC(c1ccoc1Br)c1csc2ccccc12. The third kappa shape index (κ3) is 2.36. The van der Waals surface area contributed by atoms with Crippen molar-refractivity contribution in [3.63, 3.8) is 0 Å². The molecule has 3 aromatic rings. The Bertz CT molecular complexity index is 688. The first kappa shape index (κ1) is 12.9. The van der Waals surface area contributed by atoms with Gasteiger partial charge >= 0.3 is 0 Å². The molecule has 1 N–H and O–H groups in total. The fraction of sp³-hybridized carbons (Fsp3) is 0.200. The van der Waals surface area contributed by atoms with Crippen LogP contribution in [0.5, 0.6) is 0 Å². The van der Waals surface area contributed by atoms with Gasteiger partial charge in [-0.1, -0.05) is 25.1 Å². The maximum Gasteiger partial charge on any atom is 0.174 e. The van der Waals surface area contributed by atoms with Crippen LogP contribution in [0.2, 0.25) is 0 Å². The number of rotatable bonds is 4. The van der Waals surface area contributed by atoms with Crippen LogP contribution < -0.4 is 5.32 Å². The van der Waals surface area contributed by atoms with Crippen LogP contribution in [0.15, 0.2) is 51.1 Å². The highest BCUT2D eigenvalue weighted by atomic mass is 79.9. The molecular formula is C15H14BrNOS. The summed E-state index contributed by atoms with van der Waals surface area (Å²) in [6, 6.07) is 10.7. The summed E-state index contributed by atoms with van der Waals surface area (Å²) in [5, 5.41) is 7.08. The van der Waals surface area contributed by atoms with Crippen molar-refractivity contribution in [2.45, 2.75) is 13.0 Å². The molecule has 2 nitrogen and oxygen atoms in total. The van der Waals surface area contributed by atoms with Crippen LogP contribution >= 0.6 is 27.3 Å². The highest BCUT2D eigenvalue weighted by molar-refractivity contribution is 9.10. The zero-order valence-corrected chi connectivity index (χ0v) is 12.9. The molecule has 19 heavy (non-hydrogen) atoms. The molecule has 0 spiro atoms. The molecule has 4 heteroatoms. The van der Waals surface area contributed by atoms with E-state index in [1.165, 1.54) is 15.6 Å². The summed E-state index contributed by atoms with van der Waals surface area (Å²) in [6.45, 7) is 3.03. The molecule has 0 aliphatic carbocycles. The minimum absolute atomic E-state index is 0.161. The van der Waals surface area contributed by atoms with Crippen molar-refractivity contribution in [1.82, 2.24) is 5.32 Å². The lowest BCUT2D eigenvalue weighted by Gasteiger charge is -2.16. The van der Waals surface area contributed by atoms with E-state index in [0.717, 1.165) is 16.8 Å². The normalized spacial score (nSPS) is 12.9. The van der Waals surface area contributed by atoms with Gasteiger partial charge in [-0.15, -0.1) is 11.3 Å². The zero-order valence-electron chi connectivity index (χ0n) is 10.5. The van der Waals surface area contributed by atoms with E-state index in [0.29, 0.717) is 0 Å². The van der Waals surface area contributed by atoms with E-state index in [1.807, 2.05) is 6.07 Å². The summed E-state index contributed by atoms with van der Waals surface area (Å²) >= 11 is 5.27. The van der Waals surface area contributed by atoms with Crippen LogP contribution in [0.3, 0.4) is 0 Å². The standard InChI is InChI=1S/C15H14BrNOS/c1-2-17-14(11-7-8-18-15(11)16)12-9-19-13-6-4-3-5-10(12)13/h3-9,14,17H,2H2,1H3. The highest BCUT2D eigenvalue weighted by Gasteiger charge is 2.20. The summed E-state index contributed by atoms with van der Waals surface area (Å²) in [5.41, 5.74) is 2.45. The summed E-state index contributed by atoms with van der Waals surface area (Å²) in [6.07, 6.45) is 1.72. The van der Waals surface area contributed by atoms with Crippen LogP contribution in [-0.4, -0.2) is 6.54 Å². The van der Waals surface area contributed by atoms with Crippen LogP contribution in [0, 0.1) is 0 Å². The van der Waals surface area contributed by atoms with Gasteiger partial charge in [0.1, 0.15) is 0 Å². The molecule has 1 unspecified atom stereocenters. The summed E-state index contributed by atoms with van der Waals surface area (Å²) in [4.78, 5) is 0. The van der Waals surface area contributed by atoms with Crippen LogP contribution in [0.4, 0.5) is 0 Å². The van der Waals surface area contributed by atoms with Gasteiger partial charge in [0.15, 0.2) is 4.67 Å². The lowest BCUT2D eigenvalue weighted by atomic mass is 10.0. The van der Waals surface area contributed by atoms with E-state index in [2.05, 4.69) is 57.8 Å². The Morgan fingerprint density at radius 3 is 2.84 bits per heavy atom. The molecule has 0 aliphatic heterocycles. The first-order valence-corrected chi connectivity index (χ1v) is 7.91. The Kier molecular flexibility index (Phi) is 3.73. The average molecular weight is 336 g/mol. The number of halogens is 1. The van der Waals surface area contributed by atoms with Crippen molar-refractivity contribution in [2.75, 3.05) is 6.54 Å². The van der Waals surface area contributed by atoms with Gasteiger partial charge in [-0.25, -0.2) is 0 Å². The second kappa shape index (κ2) is 5.49. The van der Waals surface area contributed by atoms with Gasteiger partial charge < -0.3 is 9.73 Å². The van der Waals surface area contributed by atoms with Gasteiger partial charge in [0.2, 0.25) is 0 Å². The van der Waals surface area contributed by atoms with Crippen molar-refractivity contribution < 1.29 is 4.42 Å². The molecule has 0 bridgehead atoms. The Labute approximate surface area is 124 Å². The molecular weight excluding hydrogens is 322 g/mol. The van der Waals surface area contributed by atoms with Crippen LogP contribution in [0.1, 0.15) is 24.1 Å². The van der Waals surface area contributed by atoms with E-state index in [9.17, 15) is 0 Å². The maximum atomic E-state index is 5.38. The topological polar surface area (TPSA) is 25.2 Å². The molecule has 0 amide bonds. The van der Waals surface area contributed by atoms with Crippen LogP contribution in [-0.2, 0) is 0 Å². The van der Waals surface area contributed by atoms with E-state index < -0.39 is 0 Å². The highest BCUT2D eigenvalue weighted by Crippen LogP contribution is 2.36. The largest absolute Gasteiger partial charge is 0.457 e. The molecule has 0 radical (unpaired) electrons. The molecule has 1 atom stereocenters. The quantitative estimate of drug-likeness (QED) is 0.729. The van der Waals surface area contributed by atoms with Gasteiger partial charge in [-0.2, -0.15) is 0 Å². The third-order valence-electron chi connectivity index (χ3n) is 3.19. The Morgan fingerprint density at radius 1 is 1.26 bits per heavy atom. The lowest BCUT2D eigenvalue weighted by Crippen LogP contribution is -2.21. The maximum absolute atomic E-state index is 5.38. The number of nitrogens with one attached hydrogen (secondary N) is 1. The van der Waals surface area contributed by atoms with Crippen molar-refractivity contribution in [3.05, 3.63) is 57.8 Å². The predicted octanol–water partition coefficient (Wildman–Crippen LogP) is 4.96. The minimum atomic E-state index is 0.161. The summed E-state index contributed by atoms with van der Waals surface area (Å²) < 4.78 is 7.50. The van der Waals surface area contributed by atoms with Crippen LogP contribution in [0.25, 0.3) is 10.1 Å². The monoisotopic (exact) mass is 335 g/mol. The third-order valence-corrected chi connectivity index (χ3v) is 4.81. The number of hydrogen-bond acceptors (Lipinski definition) is 3. The Hall–Kier alpha value is -1.10. The average Bonchev–Trinajstić information content (AvgIpc) is 3.03. The fourth-order valence-corrected chi connectivity index (χ4v) is 3.78. The molecule has 1 aromatic carbocycles. The number of fused-ring (bicyclic) bond motifs is 1.